The van der Waals surface area contributed by atoms with Gasteiger partial charge in [-0.15, -0.1) is 0 Å². The van der Waals surface area contributed by atoms with Gasteiger partial charge in [0.25, 0.3) is 0 Å². The number of anilines is 2. The van der Waals surface area contributed by atoms with Crippen LogP contribution in [0.4, 0.5) is 20.7 Å². The van der Waals surface area contributed by atoms with Crippen LogP contribution in [0.15, 0.2) is 18.5 Å². The summed E-state index contributed by atoms with van der Waals surface area (Å²) in [5.41, 5.74) is 1.27. The molecule has 3 aliphatic rings. The van der Waals surface area contributed by atoms with E-state index in [1.807, 2.05) is 11.0 Å². The number of piperidine rings is 1. The molecule has 3 aromatic heterocycles. The topological polar surface area (TPSA) is 98.2 Å². The van der Waals surface area contributed by atoms with E-state index in [-0.39, 0.29) is 18.1 Å². The van der Waals surface area contributed by atoms with Gasteiger partial charge in [0.1, 0.15) is 11.4 Å². The number of hydrogen-bond donors (Lipinski definition) is 2. The van der Waals surface area contributed by atoms with Crippen LogP contribution in [0.2, 0.25) is 0 Å². The summed E-state index contributed by atoms with van der Waals surface area (Å²) in [6.45, 7) is 5.77. The minimum absolute atomic E-state index is 0.0495. The van der Waals surface area contributed by atoms with E-state index in [1.165, 1.54) is 6.42 Å². The van der Waals surface area contributed by atoms with Crippen LogP contribution in [0, 0.1) is 0 Å². The lowest BCUT2D eigenvalue weighted by molar-refractivity contribution is 0.151. The second-order valence-corrected chi connectivity index (χ2v) is 11.7. The zero-order valence-corrected chi connectivity index (χ0v) is 22.1. The maximum absolute atomic E-state index is 14.7. The van der Waals surface area contributed by atoms with Gasteiger partial charge in [-0.1, -0.05) is 0 Å². The number of alkyl halides is 1. The normalized spacial score (nSPS) is 19.6. The standard InChI is InChI=1S/C26H36FN9O/c1-25(2,27)16-36-21-11-19(28-12-18(21)23(32-36)34-14-17(15-34)33(3)4)22-20(13-29-31-22)30-24(37)35-10-6-5-7-26(35)8-9-26/h11-13,17H,5-10,14-16H2,1-4H3,(H,29,31)(H,30,37). The molecule has 11 heteroatoms. The van der Waals surface area contributed by atoms with Crippen molar-refractivity contribution in [3.63, 3.8) is 0 Å². The molecule has 0 unspecified atom stereocenters. The number of amides is 2. The van der Waals surface area contributed by atoms with Crippen molar-refractivity contribution in [3.05, 3.63) is 18.5 Å². The summed E-state index contributed by atoms with van der Waals surface area (Å²) < 4.78 is 16.5. The van der Waals surface area contributed by atoms with Gasteiger partial charge in [-0.3, -0.25) is 14.8 Å². The molecule has 0 radical (unpaired) electrons. The zero-order valence-electron chi connectivity index (χ0n) is 22.1. The Labute approximate surface area is 216 Å². The van der Waals surface area contributed by atoms with E-state index in [0.29, 0.717) is 23.1 Å². The molecule has 3 aromatic rings. The zero-order chi connectivity index (χ0) is 25.9. The summed E-state index contributed by atoms with van der Waals surface area (Å²) in [6.07, 6.45) is 8.89. The lowest BCUT2D eigenvalue weighted by Crippen LogP contribution is -2.57. The van der Waals surface area contributed by atoms with Crippen molar-refractivity contribution in [2.75, 3.05) is 43.9 Å². The number of nitrogens with one attached hydrogen (secondary N) is 2. The van der Waals surface area contributed by atoms with Crippen molar-refractivity contribution in [1.82, 2.24) is 34.8 Å². The van der Waals surface area contributed by atoms with E-state index in [2.05, 4.69) is 39.4 Å². The molecule has 1 aliphatic carbocycles. The average Bonchev–Trinajstić information content (AvgIpc) is 3.26. The van der Waals surface area contributed by atoms with Crippen LogP contribution in [0.5, 0.6) is 0 Å². The molecular weight excluding hydrogens is 473 g/mol. The van der Waals surface area contributed by atoms with E-state index in [9.17, 15) is 9.18 Å². The molecular formula is C26H36FN9O. The van der Waals surface area contributed by atoms with Gasteiger partial charge in [0.15, 0.2) is 5.82 Å². The first-order chi connectivity index (χ1) is 17.6. The number of rotatable bonds is 6. The molecule has 6 rings (SSSR count). The number of fused-ring (bicyclic) bond motifs is 1. The van der Waals surface area contributed by atoms with Crippen LogP contribution in [-0.2, 0) is 6.54 Å². The molecule has 2 N–H and O–H groups in total. The van der Waals surface area contributed by atoms with Crippen LogP contribution in [-0.4, -0.2) is 91.8 Å². The molecule has 198 valence electrons. The number of nitrogens with zero attached hydrogens (tertiary/aromatic N) is 7. The van der Waals surface area contributed by atoms with Gasteiger partial charge in [-0.25, -0.2) is 9.18 Å². The molecule has 3 fully saturated rings. The summed E-state index contributed by atoms with van der Waals surface area (Å²) in [6, 6.07) is 2.30. The Bertz CT molecular complexity index is 1310. The Kier molecular flexibility index (Phi) is 5.66. The first-order valence-corrected chi connectivity index (χ1v) is 13.2. The summed E-state index contributed by atoms with van der Waals surface area (Å²) >= 11 is 0. The molecule has 0 aromatic carbocycles. The third-order valence-corrected chi connectivity index (χ3v) is 8.09. The number of urea groups is 1. The maximum atomic E-state index is 14.7. The Morgan fingerprint density at radius 3 is 2.73 bits per heavy atom. The van der Waals surface area contributed by atoms with Gasteiger partial charge in [-0.2, -0.15) is 10.2 Å². The number of hydrogen-bond acceptors (Lipinski definition) is 6. The fourth-order valence-electron chi connectivity index (χ4n) is 5.69. The van der Waals surface area contributed by atoms with Gasteiger partial charge < -0.3 is 20.0 Å². The first-order valence-electron chi connectivity index (χ1n) is 13.2. The van der Waals surface area contributed by atoms with E-state index in [4.69, 9.17) is 10.1 Å². The van der Waals surface area contributed by atoms with Crippen molar-refractivity contribution in [2.45, 2.75) is 69.7 Å². The Morgan fingerprint density at radius 1 is 1.24 bits per heavy atom. The number of carbonyl (C=O) groups excluding carboxylic acids is 1. The second-order valence-electron chi connectivity index (χ2n) is 11.7. The average molecular weight is 510 g/mol. The number of likely N-dealkylation sites (N-methyl/N-ethyl adjacent to an activating group) is 1. The fraction of sp³-hybridized carbons (Fsp3) is 0.615. The number of aromatic nitrogens is 5. The molecule has 1 saturated carbocycles. The number of likely N-dealkylation sites (tertiary alicyclic amines) is 1. The molecule has 1 spiro atoms. The quantitative estimate of drug-likeness (QED) is 0.524. The Hall–Kier alpha value is -3.21. The van der Waals surface area contributed by atoms with E-state index < -0.39 is 5.67 Å². The summed E-state index contributed by atoms with van der Waals surface area (Å²) in [7, 11) is 4.16. The molecule has 10 nitrogen and oxygen atoms in total. The van der Waals surface area contributed by atoms with Crippen molar-refractivity contribution in [2.24, 2.45) is 0 Å². The van der Waals surface area contributed by atoms with Crippen LogP contribution in [0.3, 0.4) is 0 Å². The van der Waals surface area contributed by atoms with E-state index in [0.717, 1.165) is 62.0 Å². The van der Waals surface area contributed by atoms with Crippen LogP contribution in [0.1, 0.15) is 46.0 Å². The number of aromatic amines is 1. The summed E-state index contributed by atoms with van der Waals surface area (Å²) in [5.74, 6) is 0.828. The van der Waals surface area contributed by atoms with Crippen molar-refractivity contribution < 1.29 is 9.18 Å². The largest absolute Gasteiger partial charge is 0.351 e. The third kappa shape index (κ3) is 4.43. The van der Waals surface area contributed by atoms with Crippen LogP contribution < -0.4 is 10.2 Å². The highest BCUT2D eigenvalue weighted by Gasteiger charge is 2.51. The molecule has 0 bridgehead atoms. The van der Waals surface area contributed by atoms with Crippen molar-refractivity contribution in [3.8, 4) is 11.4 Å². The smallest absolute Gasteiger partial charge is 0.322 e. The van der Waals surface area contributed by atoms with E-state index in [1.54, 1.807) is 30.9 Å². The highest BCUT2D eigenvalue weighted by molar-refractivity contribution is 5.96. The van der Waals surface area contributed by atoms with Gasteiger partial charge in [0.2, 0.25) is 0 Å². The molecule has 0 atom stereocenters. The van der Waals surface area contributed by atoms with Gasteiger partial charge in [0, 0.05) is 37.4 Å². The molecule has 2 aliphatic heterocycles. The third-order valence-electron chi connectivity index (χ3n) is 8.09. The second kappa shape index (κ2) is 8.68. The van der Waals surface area contributed by atoms with Crippen molar-refractivity contribution >= 4 is 28.4 Å². The highest BCUT2D eigenvalue weighted by atomic mass is 19.1. The number of carbonyl (C=O) groups is 1. The minimum Gasteiger partial charge on any atom is -0.351 e. The predicted octanol–water partition coefficient (Wildman–Crippen LogP) is 3.87. The van der Waals surface area contributed by atoms with Gasteiger partial charge in [-0.05, 0) is 66.1 Å². The van der Waals surface area contributed by atoms with Crippen LogP contribution >= 0.6 is 0 Å². The lowest BCUT2D eigenvalue weighted by atomic mass is 10.0. The minimum atomic E-state index is -1.43. The molecule has 2 saturated heterocycles. The van der Waals surface area contributed by atoms with Crippen LogP contribution in [0.25, 0.3) is 22.3 Å². The number of halogens is 1. The number of pyridine rings is 1. The Balaban J connectivity index is 1.30. The number of H-pyrrole nitrogens is 1. The SMILES string of the molecule is CN(C)C1CN(c2nn(CC(C)(C)F)c3cc(-c4[nH]ncc4NC(=O)N4CCCCC45CC5)ncc23)C1. The highest BCUT2D eigenvalue weighted by Crippen LogP contribution is 2.48. The van der Waals surface area contributed by atoms with E-state index >= 15 is 0 Å². The predicted molar refractivity (Wildman–Crippen MR) is 142 cm³/mol. The lowest BCUT2D eigenvalue weighted by Gasteiger charge is -2.43. The Morgan fingerprint density at radius 2 is 2.03 bits per heavy atom. The summed E-state index contributed by atoms with van der Waals surface area (Å²) in [5, 5.41) is 16.0. The summed E-state index contributed by atoms with van der Waals surface area (Å²) in [4.78, 5) is 24.3. The molecule has 37 heavy (non-hydrogen) atoms. The molecule has 5 heterocycles. The van der Waals surface area contributed by atoms with Gasteiger partial charge >= 0.3 is 6.03 Å². The fourth-order valence-corrected chi connectivity index (χ4v) is 5.69. The first kappa shape index (κ1) is 24.1. The van der Waals surface area contributed by atoms with Gasteiger partial charge in [0.05, 0.1) is 35.0 Å². The maximum Gasteiger partial charge on any atom is 0.322 e. The monoisotopic (exact) mass is 509 g/mol. The molecule has 2 amide bonds. The van der Waals surface area contributed by atoms with Crippen molar-refractivity contribution in [1.29, 1.82) is 0 Å².